The van der Waals surface area contributed by atoms with Crippen molar-refractivity contribution in [2.45, 2.75) is 63.1 Å². The molecule has 1 aliphatic heterocycles. The van der Waals surface area contributed by atoms with Gasteiger partial charge in [-0.2, -0.15) is 4.31 Å². The Bertz CT molecular complexity index is 568. The topological polar surface area (TPSA) is 57.6 Å². The number of benzene rings is 1. The molecule has 3 unspecified atom stereocenters. The zero-order valence-corrected chi connectivity index (χ0v) is 13.1. The molecule has 1 heterocycles. The van der Waals surface area contributed by atoms with E-state index < -0.39 is 16.1 Å². The van der Waals surface area contributed by atoms with Crippen LogP contribution in [0.4, 0.5) is 0 Å². The van der Waals surface area contributed by atoms with Crippen LogP contribution in [0.1, 0.15) is 51.7 Å². The van der Waals surface area contributed by atoms with Crippen LogP contribution in [0.2, 0.25) is 0 Å². The third kappa shape index (κ3) is 2.75. The Morgan fingerprint density at radius 2 is 2.10 bits per heavy atom. The lowest BCUT2D eigenvalue weighted by atomic mass is 10.1. The first-order chi connectivity index (χ1) is 9.37. The fourth-order valence-corrected chi connectivity index (χ4v) is 4.93. The summed E-state index contributed by atoms with van der Waals surface area (Å²) in [6.45, 7) is 5.63. The van der Waals surface area contributed by atoms with E-state index in [1.165, 1.54) is 0 Å². The minimum Gasteiger partial charge on any atom is -0.389 e. The molecular formula is C15H23NO3S. The highest BCUT2D eigenvalue weighted by Gasteiger charge is 2.39. The van der Waals surface area contributed by atoms with Crippen molar-refractivity contribution in [1.82, 2.24) is 4.31 Å². The van der Waals surface area contributed by atoms with Crippen LogP contribution < -0.4 is 0 Å². The molecule has 20 heavy (non-hydrogen) atoms. The summed E-state index contributed by atoms with van der Waals surface area (Å²) < 4.78 is 27.3. The monoisotopic (exact) mass is 297 g/mol. The maximum Gasteiger partial charge on any atom is 0.243 e. The predicted molar refractivity (Wildman–Crippen MR) is 78.9 cm³/mol. The lowest BCUT2D eigenvalue weighted by molar-refractivity contribution is 0.199. The number of nitrogens with zero attached hydrogens (tertiary/aromatic N) is 1. The molecule has 0 saturated carbocycles. The van der Waals surface area contributed by atoms with Gasteiger partial charge in [-0.1, -0.05) is 19.1 Å². The molecular weight excluding hydrogens is 274 g/mol. The highest BCUT2D eigenvalue weighted by atomic mass is 32.2. The molecule has 0 bridgehead atoms. The fourth-order valence-electron chi connectivity index (χ4n) is 2.92. The van der Waals surface area contributed by atoms with Gasteiger partial charge in [-0.05, 0) is 50.8 Å². The summed E-state index contributed by atoms with van der Waals surface area (Å²) in [4.78, 5) is 0.281. The number of hydrogen-bond donors (Lipinski definition) is 1. The average Bonchev–Trinajstić information content (AvgIpc) is 2.80. The third-order valence-corrected chi connectivity index (χ3v) is 6.16. The Kier molecular flexibility index (Phi) is 4.52. The zero-order chi connectivity index (χ0) is 14.9. The molecule has 2 rings (SSSR count). The molecule has 1 aromatic carbocycles. The van der Waals surface area contributed by atoms with Gasteiger partial charge in [-0.15, -0.1) is 0 Å². The van der Waals surface area contributed by atoms with Gasteiger partial charge in [0.25, 0.3) is 0 Å². The molecule has 0 amide bonds. The van der Waals surface area contributed by atoms with Crippen LogP contribution in [0, 0.1) is 0 Å². The van der Waals surface area contributed by atoms with Crippen molar-refractivity contribution >= 4 is 10.0 Å². The minimum absolute atomic E-state index is 0.0418. The quantitative estimate of drug-likeness (QED) is 0.929. The summed E-state index contributed by atoms with van der Waals surface area (Å²) in [5.74, 6) is 0. The van der Waals surface area contributed by atoms with E-state index in [0.717, 1.165) is 19.3 Å². The number of aliphatic hydroxyl groups is 1. The molecule has 1 N–H and O–H groups in total. The van der Waals surface area contributed by atoms with Crippen molar-refractivity contribution < 1.29 is 13.5 Å². The molecule has 3 atom stereocenters. The van der Waals surface area contributed by atoms with Gasteiger partial charge in [-0.25, -0.2) is 8.42 Å². The van der Waals surface area contributed by atoms with Crippen LogP contribution in [-0.2, 0) is 10.0 Å². The molecule has 5 heteroatoms. The summed E-state index contributed by atoms with van der Waals surface area (Å²) in [5.41, 5.74) is 0.631. The normalized spacial score (nSPS) is 25.8. The van der Waals surface area contributed by atoms with E-state index in [0.29, 0.717) is 5.56 Å². The Morgan fingerprint density at radius 1 is 1.40 bits per heavy atom. The maximum atomic E-state index is 12.8. The number of sulfonamides is 1. The molecule has 1 aromatic rings. The van der Waals surface area contributed by atoms with Crippen LogP contribution in [0.3, 0.4) is 0 Å². The second-order valence-corrected chi connectivity index (χ2v) is 7.42. The average molecular weight is 297 g/mol. The van der Waals surface area contributed by atoms with Crippen molar-refractivity contribution in [2.75, 3.05) is 0 Å². The highest BCUT2D eigenvalue weighted by molar-refractivity contribution is 7.89. The number of aliphatic hydroxyl groups excluding tert-OH is 1. The van der Waals surface area contributed by atoms with Crippen molar-refractivity contribution in [3.63, 3.8) is 0 Å². The maximum absolute atomic E-state index is 12.8. The molecule has 0 radical (unpaired) electrons. The first kappa shape index (κ1) is 15.5. The highest BCUT2D eigenvalue weighted by Crippen LogP contribution is 2.32. The standard InChI is InChI=1S/C15H23NO3S/c1-4-14-9-8-11(2)16(14)20(18,19)15-7-5-6-13(10-15)12(3)17/h5-7,10-12,14,17H,4,8-9H2,1-3H3. The second kappa shape index (κ2) is 5.84. The van der Waals surface area contributed by atoms with Gasteiger partial charge in [0.1, 0.15) is 0 Å². The van der Waals surface area contributed by atoms with Crippen molar-refractivity contribution in [2.24, 2.45) is 0 Å². The Hall–Kier alpha value is -0.910. The lowest BCUT2D eigenvalue weighted by Crippen LogP contribution is -2.39. The molecule has 1 aliphatic rings. The van der Waals surface area contributed by atoms with E-state index in [9.17, 15) is 13.5 Å². The van der Waals surface area contributed by atoms with Crippen LogP contribution >= 0.6 is 0 Å². The first-order valence-electron chi connectivity index (χ1n) is 7.19. The fraction of sp³-hybridized carbons (Fsp3) is 0.600. The summed E-state index contributed by atoms with van der Waals surface area (Å²) in [5, 5.41) is 9.62. The van der Waals surface area contributed by atoms with Gasteiger partial charge < -0.3 is 5.11 Å². The first-order valence-corrected chi connectivity index (χ1v) is 8.63. The Balaban J connectivity index is 2.42. The number of rotatable bonds is 4. The van der Waals surface area contributed by atoms with Crippen LogP contribution in [0.5, 0.6) is 0 Å². The Labute approximate surface area is 121 Å². The molecule has 0 aromatic heterocycles. The molecule has 0 spiro atoms. The van der Waals surface area contributed by atoms with E-state index in [2.05, 4.69) is 0 Å². The van der Waals surface area contributed by atoms with Crippen LogP contribution in [0.15, 0.2) is 29.2 Å². The minimum atomic E-state index is -3.48. The summed E-state index contributed by atoms with van der Waals surface area (Å²) >= 11 is 0. The summed E-state index contributed by atoms with van der Waals surface area (Å²) in [7, 11) is -3.48. The van der Waals surface area contributed by atoms with Crippen molar-refractivity contribution in [3.8, 4) is 0 Å². The molecule has 1 saturated heterocycles. The third-order valence-electron chi connectivity index (χ3n) is 4.10. The Morgan fingerprint density at radius 3 is 2.70 bits per heavy atom. The molecule has 112 valence electrons. The predicted octanol–water partition coefficient (Wildman–Crippen LogP) is 2.69. The summed E-state index contributed by atoms with van der Waals surface area (Å²) in [6.07, 6.45) is 2.00. The van der Waals surface area contributed by atoms with Gasteiger partial charge >= 0.3 is 0 Å². The van der Waals surface area contributed by atoms with Gasteiger partial charge in [0, 0.05) is 12.1 Å². The SMILES string of the molecule is CCC1CCC(C)N1S(=O)(=O)c1cccc(C(C)O)c1. The van der Waals surface area contributed by atoms with Crippen molar-refractivity contribution in [1.29, 1.82) is 0 Å². The van der Waals surface area contributed by atoms with E-state index in [1.807, 2.05) is 13.8 Å². The van der Waals surface area contributed by atoms with E-state index in [1.54, 1.807) is 35.5 Å². The lowest BCUT2D eigenvalue weighted by Gasteiger charge is -2.27. The van der Waals surface area contributed by atoms with Crippen LogP contribution in [-0.4, -0.2) is 29.9 Å². The zero-order valence-electron chi connectivity index (χ0n) is 12.3. The van der Waals surface area contributed by atoms with Gasteiger partial charge in [0.05, 0.1) is 11.0 Å². The van der Waals surface area contributed by atoms with Gasteiger partial charge in [0.15, 0.2) is 0 Å². The van der Waals surface area contributed by atoms with Gasteiger partial charge in [0.2, 0.25) is 10.0 Å². The van der Waals surface area contributed by atoms with Crippen LogP contribution in [0.25, 0.3) is 0 Å². The van der Waals surface area contributed by atoms with E-state index in [-0.39, 0.29) is 17.0 Å². The van der Waals surface area contributed by atoms with E-state index in [4.69, 9.17) is 0 Å². The van der Waals surface area contributed by atoms with Crippen molar-refractivity contribution in [3.05, 3.63) is 29.8 Å². The largest absolute Gasteiger partial charge is 0.389 e. The summed E-state index contributed by atoms with van der Waals surface area (Å²) in [6, 6.07) is 6.76. The van der Waals surface area contributed by atoms with E-state index >= 15 is 0 Å². The molecule has 1 fully saturated rings. The molecule has 0 aliphatic carbocycles. The molecule has 4 nitrogen and oxygen atoms in total. The van der Waals surface area contributed by atoms with Gasteiger partial charge in [-0.3, -0.25) is 0 Å². The second-order valence-electron chi connectivity index (χ2n) is 5.57. The smallest absolute Gasteiger partial charge is 0.243 e. The number of hydrogen-bond acceptors (Lipinski definition) is 3.